The third-order valence-corrected chi connectivity index (χ3v) is 2.75. The Hall–Kier alpha value is -1.14. The smallest absolute Gasteiger partial charge is 0.321 e. The second kappa shape index (κ2) is 8.03. The largest absolute Gasteiger partial charge is 0.341 e. The van der Waals surface area contributed by atoms with Crippen molar-refractivity contribution in [2.45, 2.75) is 26.8 Å². The minimum Gasteiger partial charge on any atom is -0.341 e. The lowest BCUT2D eigenvalue weighted by molar-refractivity contribution is -0.124. The lowest BCUT2D eigenvalue weighted by atomic mass is 10.1. The average Bonchev–Trinajstić information content (AvgIpc) is 2.34. The summed E-state index contributed by atoms with van der Waals surface area (Å²) in [6.07, 6.45) is 0. The zero-order valence-electron chi connectivity index (χ0n) is 11.1. The molecule has 0 aliphatic heterocycles. The lowest BCUT2D eigenvalue weighted by Crippen LogP contribution is -2.50. The Labute approximate surface area is 103 Å². The highest BCUT2D eigenvalue weighted by Crippen LogP contribution is 2.04. The number of hydrogen-bond donors (Lipinski definition) is 3. The first-order chi connectivity index (χ1) is 7.96. The molecule has 2 atom stereocenters. The number of nitrogens with zero attached hydrogens (tertiary/aromatic N) is 1. The normalized spacial score (nSPS) is 14.2. The monoisotopic (exact) mass is 244 g/mol. The quantitative estimate of drug-likeness (QED) is 0.601. The van der Waals surface area contributed by atoms with Crippen LogP contribution in [0.4, 0.5) is 4.79 Å². The van der Waals surface area contributed by atoms with E-state index in [-0.39, 0.29) is 11.9 Å². The van der Waals surface area contributed by atoms with Gasteiger partial charge in [-0.3, -0.25) is 15.0 Å². The Kier molecular flexibility index (Phi) is 7.49. The molecule has 17 heavy (non-hydrogen) atoms. The standard InChI is InChI=1S/C11H24N4O2/c1-5-15(7-8(2)6-12)9(3)10(16)14-11(17)13-4/h8-9H,5-7,12H2,1-4H3,(H2,13,14,16,17). The predicted octanol–water partition coefficient (Wildman–Crippen LogP) is -0.253. The number of rotatable bonds is 6. The summed E-state index contributed by atoms with van der Waals surface area (Å²) in [5, 5.41) is 4.62. The molecule has 6 nitrogen and oxygen atoms in total. The Morgan fingerprint density at radius 2 is 1.94 bits per heavy atom. The SMILES string of the molecule is CCN(CC(C)CN)C(C)C(=O)NC(=O)NC. The van der Waals surface area contributed by atoms with Gasteiger partial charge in [0, 0.05) is 13.6 Å². The summed E-state index contributed by atoms with van der Waals surface area (Å²) >= 11 is 0. The van der Waals surface area contributed by atoms with Crippen molar-refractivity contribution in [3.05, 3.63) is 0 Å². The molecule has 0 rings (SSSR count). The van der Waals surface area contributed by atoms with Crippen molar-refractivity contribution in [3.8, 4) is 0 Å². The van der Waals surface area contributed by atoms with Crippen LogP contribution in [0, 0.1) is 5.92 Å². The van der Waals surface area contributed by atoms with Crippen LogP contribution in [-0.4, -0.2) is 49.6 Å². The van der Waals surface area contributed by atoms with Gasteiger partial charge >= 0.3 is 6.03 Å². The Balaban J connectivity index is 4.36. The summed E-state index contributed by atoms with van der Waals surface area (Å²) in [4.78, 5) is 24.8. The molecule has 0 radical (unpaired) electrons. The molecule has 0 spiro atoms. The minimum atomic E-state index is -0.482. The van der Waals surface area contributed by atoms with E-state index >= 15 is 0 Å². The number of amides is 3. The Morgan fingerprint density at radius 1 is 1.35 bits per heavy atom. The van der Waals surface area contributed by atoms with Gasteiger partial charge in [-0.1, -0.05) is 13.8 Å². The van der Waals surface area contributed by atoms with E-state index in [9.17, 15) is 9.59 Å². The van der Waals surface area contributed by atoms with Crippen LogP contribution >= 0.6 is 0 Å². The first-order valence-corrected chi connectivity index (χ1v) is 5.92. The molecule has 0 bridgehead atoms. The van der Waals surface area contributed by atoms with Crippen molar-refractivity contribution in [2.75, 3.05) is 26.7 Å². The van der Waals surface area contributed by atoms with E-state index in [0.717, 1.165) is 13.1 Å². The van der Waals surface area contributed by atoms with Crippen molar-refractivity contribution >= 4 is 11.9 Å². The number of likely N-dealkylation sites (N-methyl/N-ethyl adjacent to an activating group) is 1. The molecule has 0 aliphatic rings. The topological polar surface area (TPSA) is 87.5 Å². The van der Waals surface area contributed by atoms with E-state index in [0.29, 0.717) is 12.5 Å². The molecule has 2 unspecified atom stereocenters. The molecule has 0 fully saturated rings. The molecule has 0 aliphatic carbocycles. The number of imide groups is 1. The second-order valence-electron chi connectivity index (χ2n) is 4.17. The van der Waals surface area contributed by atoms with Gasteiger partial charge in [0.25, 0.3) is 0 Å². The maximum absolute atomic E-state index is 11.7. The van der Waals surface area contributed by atoms with Crippen molar-refractivity contribution in [2.24, 2.45) is 11.7 Å². The van der Waals surface area contributed by atoms with Gasteiger partial charge < -0.3 is 11.1 Å². The van der Waals surface area contributed by atoms with Crippen molar-refractivity contribution < 1.29 is 9.59 Å². The Bertz CT molecular complexity index is 258. The van der Waals surface area contributed by atoms with Gasteiger partial charge in [-0.15, -0.1) is 0 Å². The summed E-state index contributed by atoms with van der Waals surface area (Å²) in [5.41, 5.74) is 5.56. The third-order valence-electron chi connectivity index (χ3n) is 2.75. The number of carbonyl (C=O) groups excluding carboxylic acids is 2. The van der Waals surface area contributed by atoms with Gasteiger partial charge in [-0.25, -0.2) is 4.79 Å². The van der Waals surface area contributed by atoms with E-state index in [2.05, 4.69) is 10.6 Å². The van der Waals surface area contributed by atoms with Crippen LogP contribution in [0.2, 0.25) is 0 Å². The molecule has 0 heterocycles. The number of nitrogens with two attached hydrogens (primary N) is 1. The van der Waals surface area contributed by atoms with E-state index in [1.807, 2.05) is 18.7 Å². The van der Waals surface area contributed by atoms with Crippen LogP contribution in [0.15, 0.2) is 0 Å². The number of carbonyl (C=O) groups is 2. The fraction of sp³-hybridized carbons (Fsp3) is 0.818. The first-order valence-electron chi connectivity index (χ1n) is 5.92. The molecule has 0 aromatic carbocycles. The van der Waals surface area contributed by atoms with Crippen LogP contribution in [0.5, 0.6) is 0 Å². The van der Waals surface area contributed by atoms with Crippen LogP contribution in [-0.2, 0) is 4.79 Å². The highest BCUT2D eigenvalue weighted by atomic mass is 16.2. The second-order valence-corrected chi connectivity index (χ2v) is 4.17. The molecular weight excluding hydrogens is 220 g/mol. The van der Waals surface area contributed by atoms with Crippen LogP contribution in [0.1, 0.15) is 20.8 Å². The number of nitrogens with one attached hydrogen (secondary N) is 2. The molecule has 6 heteroatoms. The molecule has 3 amide bonds. The summed E-state index contributed by atoms with van der Waals surface area (Å²) in [7, 11) is 1.47. The lowest BCUT2D eigenvalue weighted by Gasteiger charge is -2.28. The maximum Gasteiger partial charge on any atom is 0.321 e. The molecule has 0 saturated carbocycles. The maximum atomic E-state index is 11.7. The highest BCUT2D eigenvalue weighted by molar-refractivity contribution is 5.96. The fourth-order valence-electron chi connectivity index (χ4n) is 1.48. The molecule has 0 aromatic heterocycles. The Morgan fingerprint density at radius 3 is 2.35 bits per heavy atom. The van der Waals surface area contributed by atoms with Gasteiger partial charge in [0.2, 0.25) is 5.91 Å². The van der Waals surface area contributed by atoms with Gasteiger partial charge in [-0.05, 0) is 25.9 Å². The minimum absolute atomic E-state index is 0.296. The average molecular weight is 244 g/mol. The molecule has 0 saturated heterocycles. The summed E-state index contributed by atoms with van der Waals surface area (Å²) in [6.45, 7) is 7.87. The summed E-state index contributed by atoms with van der Waals surface area (Å²) < 4.78 is 0. The van der Waals surface area contributed by atoms with Crippen molar-refractivity contribution in [1.82, 2.24) is 15.5 Å². The number of urea groups is 1. The third kappa shape index (κ3) is 5.65. The van der Waals surface area contributed by atoms with Crippen LogP contribution < -0.4 is 16.4 Å². The van der Waals surface area contributed by atoms with Gasteiger partial charge in [-0.2, -0.15) is 0 Å². The number of hydrogen-bond acceptors (Lipinski definition) is 4. The van der Waals surface area contributed by atoms with E-state index in [4.69, 9.17) is 5.73 Å². The van der Waals surface area contributed by atoms with Crippen molar-refractivity contribution in [1.29, 1.82) is 0 Å². The molecular formula is C11H24N4O2. The van der Waals surface area contributed by atoms with E-state index in [1.165, 1.54) is 7.05 Å². The zero-order chi connectivity index (χ0) is 13.4. The molecule has 100 valence electrons. The van der Waals surface area contributed by atoms with Gasteiger partial charge in [0.15, 0.2) is 0 Å². The van der Waals surface area contributed by atoms with Gasteiger partial charge in [0.1, 0.15) is 0 Å². The first kappa shape index (κ1) is 15.9. The predicted molar refractivity (Wildman–Crippen MR) is 67.5 cm³/mol. The van der Waals surface area contributed by atoms with E-state index in [1.54, 1.807) is 6.92 Å². The van der Waals surface area contributed by atoms with Gasteiger partial charge in [0.05, 0.1) is 6.04 Å². The molecule has 4 N–H and O–H groups in total. The van der Waals surface area contributed by atoms with E-state index < -0.39 is 6.03 Å². The van der Waals surface area contributed by atoms with Crippen LogP contribution in [0.3, 0.4) is 0 Å². The highest BCUT2D eigenvalue weighted by Gasteiger charge is 2.22. The van der Waals surface area contributed by atoms with Crippen molar-refractivity contribution in [3.63, 3.8) is 0 Å². The van der Waals surface area contributed by atoms with Crippen LogP contribution in [0.25, 0.3) is 0 Å². The fourth-order valence-corrected chi connectivity index (χ4v) is 1.48. The molecule has 0 aromatic rings. The summed E-state index contributed by atoms with van der Waals surface area (Å²) in [5.74, 6) is 0.0284. The zero-order valence-corrected chi connectivity index (χ0v) is 11.1. The summed E-state index contributed by atoms with van der Waals surface area (Å²) in [6, 6.07) is -0.823.